The summed E-state index contributed by atoms with van der Waals surface area (Å²) in [6.45, 7) is 2.20. The Morgan fingerprint density at radius 2 is 2.11 bits per heavy atom. The molecule has 4 aliphatic heterocycles. The molecule has 6 atom stereocenters. The summed E-state index contributed by atoms with van der Waals surface area (Å²) >= 11 is 1.45. The number of urea groups is 1. The highest BCUT2D eigenvalue weighted by molar-refractivity contribution is 8.03. The van der Waals surface area contributed by atoms with Crippen LogP contribution in [0.25, 0.3) is 0 Å². The zero-order chi connectivity index (χ0) is 20.2. The van der Waals surface area contributed by atoms with E-state index in [2.05, 4.69) is 16.0 Å². The Labute approximate surface area is 165 Å². The first-order valence-corrected chi connectivity index (χ1v) is 10.1. The van der Waals surface area contributed by atoms with Crippen molar-refractivity contribution >= 4 is 35.6 Å². The highest BCUT2D eigenvalue weighted by atomic mass is 32.2. The molecule has 0 radical (unpaired) electrons. The van der Waals surface area contributed by atoms with Crippen molar-refractivity contribution < 1.29 is 29.4 Å². The van der Waals surface area contributed by atoms with Crippen molar-refractivity contribution in [2.75, 3.05) is 6.54 Å². The van der Waals surface area contributed by atoms with Gasteiger partial charge in [-0.2, -0.15) is 0 Å². The zero-order valence-electron chi connectivity index (χ0n) is 15.2. The predicted octanol–water partition coefficient (Wildman–Crippen LogP) is -1.04. The number of fused-ring (bicyclic) bond motifs is 1. The van der Waals surface area contributed by atoms with Crippen LogP contribution < -0.4 is 16.0 Å². The minimum atomic E-state index is -1.13. The quantitative estimate of drug-likeness (QED) is 0.275. The van der Waals surface area contributed by atoms with Gasteiger partial charge in [0.25, 0.3) is 5.91 Å². The average molecular weight is 410 g/mol. The van der Waals surface area contributed by atoms with Gasteiger partial charge in [-0.25, -0.2) is 9.59 Å². The van der Waals surface area contributed by atoms with Crippen LogP contribution in [0.3, 0.4) is 0 Å². The number of carbonyl (C=O) groups is 4. The van der Waals surface area contributed by atoms with Crippen molar-refractivity contribution in [1.82, 2.24) is 20.9 Å². The van der Waals surface area contributed by atoms with Crippen molar-refractivity contribution in [2.45, 2.75) is 55.7 Å². The number of nitrogens with one attached hydrogen (secondary N) is 3. The van der Waals surface area contributed by atoms with E-state index in [1.807, 2.05) is 0 Å². The molecule has 0 spiro atoms. The molecular formula is C17H22N4O6S. The van der Waals surface area contributed by atoms with E-state index >= 15 is 0 Å². The van der Waals surface area contributed by atoms with Crippen LogP contribution in [0.4, 0.5) is 4.79 Å². The van der Waals surface area contributed by atoms with Gasteiger partial charge in [-0.3, -0.25) is 14.9 Å². The highest BCUT2D eigenvalue weighted by Gasteiger charge is 2.57. The molecular weight excluding hydrogens is 388 g/mol. The molecule has 0 aromatic heterocycles. The number of carboxylic acid groups (broad SMARTS) is 1. The second kappa shape index (κ2) is 7.05. The summed E-state index contributed by atoms with van der Waals surface area (Å²) in [4.78, 5) is 48.9. The number of carboxylic acids is 1. The lowest BCUT2D eigenvalue weighted by Gasteiger charge is -2.44. The van der Waals surface area contributed by atoms with Crippen molar-refractivity contribution in [3.63, 3.8) is 0 Å². The first-order chi connectivity index (χ1) is 13.3. The predicted molar refractivity (Wildman–Crippen MR) is 97.9 cm³/mol. The molecule has 5 N–H and O–H groups in total. The maximum Gasteiger partial charge on any atom is 0.353 e. The number of thioether (sulfide) groups is 1. The Bertz CT molecular complexity index is 784. The van der Waals surface area contributed by atoms with Gasteiger partial charge in [0.2, 0.25) is 5.91 Å². The number of nitrogens with zero attached hydrogens (tertiary/aromatic N) is 1. The van der Waals surface area contributed by atoms with Gasteiger partial charge in [0.1, 0.15) is 11.7 Å². The Kier molecular flexibility index (Phi) is 4.84. The molecule has 4 amide bonds. The van der Waals surface area contributed by atoms with Crippen molar-refractivity contribution in [3.05, 3.63) is 10.6 Å². The topological polar surface area (TPSA) is 148 Å². The zero-order valence-corrected chi connectivity index (χ0v) is 16.0. The number of carbonyl (C=O) groups excluding carboxylic acids is 3. The molecule has 0 bridgehead atoms. The number of aliphatic hydroxyl groups excluding tert-OH is 1. The normalized spacial score (nSPS) is 35.6. The standard InChI is InChI=1S/C17H22N4O6S/c1-6(22)12-10-4-11(13(16(25)26)21(10)15(12)24)28-8-2-7(18-5-8)3-9-14(23)20-17(27)19-9/h6-10,12,18,22H,2-5H2,1H3,(H,25,26)(H2,19,20,23,27)/t6-,7+,8+,9?,10-,12-/m1/s1. The van der Waals surface area contributed by atoms with Crippen LogP contribution in [0.2, 0.25) is 0 Å². The van der Waals surface area contributed by atoms with Crippen molar-refractivity contribution in [3.8, 4) is 0 Å². The first-order valence-electron chi connectivity index (χ1n) is 9.25. The summed E-state index contributed by atoms with van der Waals surface area (Å²) in [5.41, 5.74) is 0.0304. The molecule has 0 saturated carbocycles. The van der Waals surface area contributed by atoms with Gasteiger partial charge in [-0.1, -0.05) is 0 Å². The van der Waals surface area contributed by atoms with E-state index in [1.54, 1.807) is 6.92 Å². The number of aliphatic hydroxyl groups is 1. The van der Waals surface area contributed by atoms with E-state index in [0.29, 0.717) is 24.3 Å². The van der Waals surface area contributed by atoms with Gasteiger partial charge in [0.15, 0.2) is 0 Å². The largest absolute Gasteiger partial charge is 0.477 e. The molecule has 152 valence electrons. The Morgan fingerprint density at radius 1 is 1.36 bits per heavy atom. The number of rotatable bonds is 6. The molecule has 0 aliphatic carbocycles. The fourth-order valence-electron chi connectivity index (χ4n) is 4.50. The van der Waals surface area contributed by atoms with Gasteiger partial charge in [0.05, 0.1) is 18.1 Å². The van der Waals surface area contributed by atoms with Crippen LogP contribution >= 0.6 is 11.8 Å². The SMILES string of the molecule is C[C@@H](O)[C@H]1C(=O)N2C(C(=O)O)=C(S[C@@H]3CN[C@H](CC4NC(=O)NC4=O)C3)C[C@H]12. The third-order valence-corrected chi connectivity index (χ3v) is 7.10. The third kappa shape index (κ3) is 3.16. The fourth-order valence-corrected chi connectivity index (χ4v) is 5.97. The molecule has 4 heterocycles. The van der Waals surface area contributed by atoms with Crippen LogP contribution in [-0.2, 0) is 14.4 Å². The van der Waals surface area contributed by atoms with Gasteiger partial charge in [-0.05, 0) is 19.8 Å². The summed E-state index contributed by atoms with van der Waals surface area (Å²) < 4.78 is 0. The molecule has 11 heteroatoms. The van der Waals surface area contributed by atoms with Crippen LogP contribution in [-0.4, -0.2) is 75.0 Å². The maximum absolute atomic E-state index is 12.3. The number of aliphatic carboxylic acids is 1. The smallest absolute Gasteiger partial charge is 0.353 e. The summed E-state index contributed by atoms with van der Waals surface area (Å²) in [5.74, 6) is -2.35. The molecule has 10 nitrogen and oxygen atoms in total. The van der Waals surface area contributed by atoms with Gasteiger partial charge in [-0.15, -0.1) is 11.8 Å². The summed E-state index contributed by atoms with van der Waals surface area (Å²) in [5, 5.41) is 27.6. The number of imide groups is 1. The minimum Gasteiger partial charge on any atom is -0.477 e. The van der Waals surface area contributed by atoms with Gasteiger partial charge >= 0.3 is 12.0 Å². The summed E-state index contributed by atoms with van der Waals surface area (Å²) in [6.07, 6.45) is 0.824. The molecule has 0 aromatic rings. The lowest BCUT2D eigenvalue weighted by atomic mass is 9.83. The fraction of sp³-hybridized carbons (Fsp3) is 0.647. The minimum absolute atomic E-state index is 0.0304. The molecule has 3 saturated heterocycles. The van der Waals surface area contributed by atoms with Crippen molar-refractivity contribution in [1.29, 1.82) is 0 Å². The number of hydrogen-bond acceptors (Lipinski definition) is 7. The molecule has 4 aliphatic rings. The summed E-state index contributed by atoms with van der Waals surface area (Å²) in [6, 6.07) is -1.29. The highest BCUT2D eigenvalue weighted by Crippen LogP contribution is 2.48. The maximum atomic E-state index is 12.3. The second-order valence-corrected chi connectivity index (χ2v) is 9.05. The van der Waals surface area contributed by atoms with Gasteiger partial charge in [0, 0.05) is 29.2 Å². The number of hydrogen-bond donors (Lipinski definition) is 5. The Morgan fingerprint density at radius 3 is 2.71 bits per heavy atom. The van der Waals surface area contributed by atoms with Crippen LogP contribution in [0, 0.1) is 5.92 Å². The van der Waals surface area contributed by atoms with Crippen LogP contribution in [0.1, 0.15) is 26.2 Å². The van der Waals surface area contributed by atoms with Crippen molar-refractivity contribution in [2.24, 2.45) is 5.92 Å². The van der Waals surface area contributed by atoms with Crippen LogP contribution in [0.5, 0.6) is 0 Å². The number of amides is 4. The molecule has 28 heavy (non-hydrogen) atoms. The lowest BCUT2D eigenvalue weighted by molar-refractivity contribution is -0.161. The Hall–Kier alpha value is -2.11. The molecule has 3 fully saturated rings. The van der Waals surface area contributed by atoms with Gasteiger partial charge < -0.3 is 25.7 Å². The second-order valence-electron chi connectivity index (χ2n) is 7.65. The molecule has 4 rings (SSSR count). The van der Waals surface area contributed by atoms with E-state index in [0.717, 1.165) is 6.42 Å². The monoisotopic (exact) mass is 410 g/mol. The van der Waals surface area contributed by atoms with Crippen LogP contribution in [0.15, 0.2) is 10.6 Å². The van der Waals surface area contributed by atoms with E-state index < -0.39 is 30.1 Å². The van der Waals surface area contributed by atoms with E-state index in [4.69, 9.17) is 0 Å². The number of β-lactam (4-membered cyclic amide) rings is 1. The lowest BCUT2D eigenvalue weighted by Crippen LogP contribution is -2.61. The first kappa shape index (κ1) is 19.2. The van der Waals surface area contributed by atoms with E-state index in [-0.39, 0.29) is 34.8 Å². The average Bonchev–Trinajstić information content (AvgIpc) is 3.25. The third-order valence-electron chi connectivity index (χ3n) is 5.76. The van der Waals surface area contributed by atoms with E-state index in [1.165, 1.54) is 16.7 Å². The summed E-state index contributed by atoms with van der Waals surface area (Å²) in [7, 11) is 0. The molecule has 0 aromatic carbocycles. The van der Waals surface area contributed by atoms with E-state index in [9.17, 15) is 29.4 Å². The Balaban J connectivity index is 1.39. The molecule has 1 unspecified atom stereocenters.